The van der Waals surface area contributed by atoms with Crippen LogP contribution in [0.15, 0.2) is 17.3 Å². The number of aryl methyl sites for hydroxylation is 1. The summed E-state index contributed by atoms with van der Waals surface area (Å²) in [6.45, 7) is 3.55. The van der Waals surface area contributed by atoms with Gasteiger partial charge in [-0.25, -0.2) is 0 Å². The number of carbonyl (C=O) groups is 1. The van der Waals surface area contributed by atoms with E-state index in [2.05, 4.69) is 20.7 Å². The van der Waals surface area contributed by atoms with Crippen LogP contribution in [0.2, 0.25) is 0 Å². The van der Waals surface area contributed by atoms with Crippen molar-refractivity contribution in [3.63, 3.8) is 0 Å². The lowest BCUT2D eigenvalue weighted by molar-refractivity contribution is -0.143. The number of carbonyl (C=O) groups excluding carboxylic acids is 1. The number of hydrogen-bond acceptors (Lipinski definition) is 4. The van der Waals surface area contributed by atoms with Crippen LogP contribution in [0.25, 0.3) is 0 Å². The second-order valence-corrected chi connectivity index (χ2v) is 4.21. The Balaban J connectivity index is 0.00000400. The number of nitrogens with zero attached hydrogens (tertiary/aromatic N) is 3. The summed E-state index contributed by atoms with van der Waals surface area (Å²) in [5.41, 5.74) is 1.07. The van der Waals surface area contributed by atoms with E-state index in [1.807, 2.05) is 13.1 Å². The van der Waals surface area contributed by atoms with Gasteiger partial charge in [0.05, 0.1) is 18.8 Å². The quantitative estimate of drug-likeness (QED) is 0.231. The van der Waals surface area contributed by atoms with Crippen LogP contribution in [0, 0.1) is 0 Å². The Labute approximate surface area is 142 Å². The first kappa shape index (κ1) is 19.7. The van der Waals surface area contributed by atoms with Crippen molar-refractivity contribution in [3.05, 3.63) is 18.0 Å². The molecule has 1 rings (SSSR count). The van der Waals surface area contributed by atoms with Gasteiger partial charge < -0.3 is 15.4 Å². The van der Waals surface area contributed by atoms with E-state index in [0.29, 0.717) is 38.5 Å². The molecule has 0 fully saturated rings. The van der Waals surface area contributed by atoms with Gasteiger partial charge in [0, 0.05) is 33.3 Å². The van der Waals surface area contributed by atoms with Crippen molar-refractivity contribution >= 4 is 35.9 Å². The first-order valence-corrected chi connectivity index (χ1v) is 6.74. The molecule has 0 aliphatic rings. The highest BCUT2D eigenvalue weighted by molar-refractivity contribution is 14.0. The van der Waals surface area contributed by atoms with Gasteiger partial charge in [-0.3, -0.25) is 14.5 Å². The molecule has 120 valence electrons. The van der Waals surface area contributed by atoms with Crippen molar-refractivity contribution in [3.8, 4) is 0 Å². The number of hydrogen-bond donors (Lipinski definition) is 2. The van der Waals surface area contributed by atoms with Crippen molar-refractivity contribution in [1.29, 1.82) is 0 Å². The van der Waals surface area contributed by atoms with Crippen molar-refractivity contribution in [2.45, 2.75) is 26.3 Å². The molecule has 7 nitrogen and oxygen atoms in total. The molecule has 21 heavy (non-hydrogen) atoms. The second-order valence-electron chi connectivity index (χ2n) is 4.21. The molecule has 2 N–H and O–H groups in total. The predicted octanol–water partition coefficient (Wildman–Crippen LogP) is 1.05. The van der Waals surface area contributed by atoms with Crippen molar-refractivity contribution in [1.82, 2.24) is 20.4 Å². The van der Waals surface area contributed by atoms with Crippen LogP contribution < -0.4 is 10.6 Å². The number of esters is 1. The molecule has 0 saturated heterocycles. The van der Waals surface area contributed by atoms with Gasteiger partial charge in [-0.15, -0.1) is 24.0 Å². The number of ether oxygens (including phenoxy) is 1. The molecule has 0 unspecified atom stereocenters. The molecule has 1 heterocycles. The summed E-state index contributed by atoms with van der Waals surface area (Å²) in [4.78, 5) is 15.3. The van der Waals surface area contributed by atoms with Gasteiger partial charge in [0.1, 0.15) is 0 Å². The van der Waals surface area contributed by atoms with Crippen molar-refractivity contribution in [2.75, 3.05) is 20.2 Å². The zero-order chi connectivity index (χ0) is 14.8. The van der Waals surface area contributed by atoms with Crippen molar-refractivity contribution in [2.24, 2.45) is 12.0 Å². The number of nitrogens with one attached hydrogen (secondary N) is 2. The van der Waals surface area contributed by atoms with Gasteiger partial charge >= 0.3 is 5.97 Å². The smallest absolute Gasteiger partial charge is 0.305 e. The summed E-state index contributed by atoms with van der Waals surface area (Å²) < 4.78 is 6.67. The maximum Gasteiger partial charge on any atom is 0.305 e. The summed E-state index contributed by atoms with van der Waals surface area (Å²) >= 11 is 0. The monoisotopic (exact) mass is 409 g/mol. The van der Waals surface area contributed by atoms with Crippen LogP contribution >= 0.6 is 24.0 Å². The molecule has 0 bridgehead atoms. The minimum absolute atomic E-state index is 0. The molecular formula is C13H24IN5O2. The van der Waals surface area contributed by atoms with E-state index in [4.69, 9.17) is 4.74 Å². The average Bonchev–Trinajstić information content (AvgIpc) is 2.84. The van der Waals surface area contributed by atoms with Gasteiger partial charge in [-0.05, 0) is 19.4 Å². The fourth-order valence-electron chi connectivity index (χ4n) is 1.64. The Bertz CT molecular complexity index is 448. The van der Waals surface area contributed by atoms with Crippen LogP contribution in [0.1, 0.15) is 25.5 Å². The summed E-state index contributed by atoms with van der Waals surface area (Å²) in [6.07, 6.45) is 2.89. The standard InChI is InChI=1S/C13H23N5O2.HI/c1-4-20-12(19)6-5-8-15-13(14-2)16-10-11-7-9-17-18(11)3;/h7,9H,4-6,8,10H2,1-3H3,(H2,14,15,16);1H. The van der Waals surface area contributed by atoms with Crippen LogP contribution in [0.4, 0.5) is 0 Å². The Morgan fingerprint density at radius 3 is 2.81 bits per heavy atom. The minimum atomic E-state index is -0.160. The molecule has 1 aromatic heterocycles. The predicted molar refractivity (Wildman–Crippen MR) is 92.7 cm³/mol. The van der Waals surface area contributed by atoms with E-state index in [-0.39, 0.29) is 29.9 Å². The molecule has 0 aliphatic carbocycles. The molecule has 0 aliphatic heterocycles. The first-order chi connectivity index (χ1) is 9.67. The Kier molecular flexibility index (Phi) is 10.6. The molecular weight excluding hydrogens is 385 g/mol. The maximum atomic E-state index is 11.2. The molecule has 0 amide bonds. The van der Waals surface area contributed by atoms with E-state index in [0.717, 1.165) is 5.69 Å². The Morgan fingerprint density at radius 2 is 2.24 bits per heavy atom. The highest BCUT2D eigenvalue weighted by Gasteiger charge is 2.03. The topological polar surface area (TPSA) is 80.5 Å². The van der Waals surface area contributed by atoms with E-state index in [9.17, 15) is 4.79 Å². The normalized spacial score (nSPS) is 10.7. The molecule has 1 aromatic rings. The number of aliphatic imine (C=N–C) groups is 1. The van der Waals surface area contributed by atoms with E-state index >= 15 is 0 Å². The number of guanidine groups is 1. The molecule has 0 spiro atoms. The van der Waals surface area contributed by atoms with Crippen molar-refractivity contribution < 1.29 is 9.53 Å². The van der Waals surface area contributed by atoms with Crippen LogP contribution in [-0.4, -0.2) is 41.9 Å². The van der Waals surface area contributed by atoms with E-state index in [1.54, 1.807) is 24.9 Å². The first-order valence-electron chi connectivity index (χ1n) is 6.74. The Hall–Kier alpha value is -1.32. The van der Waals surface area contributed by atoms with Crippen LogP contribution in [-0.2, 0) is 23.1 Å². The Morgan fingerprint density at radius 1 is 1.48 bits per heavy atom. The SMILES string of the molecule is CCOC(=O)CCCNC(=NC)NCc1ccnn1C.I. The zero-order valence-corrected chi connectivity index (χ0v) is 15.1. The summed E-state index contributed by atoms with van der Waals surface area (Å²) in [5, 5.41) is 10.4. The minimum Gasteiger partial charge on any atom is -0.466 e. The number of rotatable bonds is 7. The highest BCUT2D eigenvalue weighted by Crippen LogP contribution is 1.95. The average molecular weight is 409 g/mol. The number of aromatic nitrogens is 2. The summed E-state index contributed by atoms with van der Waals surface area (Å²) in [5.74, 6) is 0.544. The third kappa shape index (κ3) is 7.88. The van der Waals surface area contributed by atoms with Gasteiger partial charge in [0.15, 0.2) is 5.96 Å². The lowest BCUT2D eigenvalue weighted by Crippen LogP contribution is -2.37. The molecule has 0 radical (unpaired) electrons. The fourth-order valence-corrected chi connectivity index (χ4v) is 1.64. The lowest BCUT2D eigenvalue weighted by Gasteiger charge is -2.11. The van der Waals surface area contributed by atoms with Gasteiger partial charge in [-0.1, -0.05) is 0 Å². The van der Waals surface area contributed by atoms with Gasteiger partial charge in [-0.2, -0.15) is 5.10 Å². The van der Waals surface area contributed by atoms with Gasteiger partial charge in [0.25, 0.3) is 0 Å². The molecule has 0 atom stereocenters. The molecule has 0 saturated carbocycles. The third-order valence-electron chi connectivity index (χ3n) is 2.74. The molecule has 8 heteroatoms. The van der Waals surface area contributed by atoms with E-state index < -0.39 is 0 Å². The fraction of sp³-hybridized carbons (Fsp3) is 0.615. The highest BCUT2D eigenvalue weighted by atomic mass is 127. The van der Waals surface area contributed by atoms with Gasteiger partial charge in [0.2, 0.25) is 0 Å². The second kappa shape index (κ2) is 11.4. The summed E-state index contributed by atoms with van der Waals surface area (Å²) in [6, 6.07) is 1.95. The van der Waals surface area contributed by atoms with E-state index in [1.165, 1.54) is 0 Å². The largest absolute Gasteiger partial charge is 0.466 e. The summed E-state index contributed by atoms with van der Waals surface area (Å²) in [7, 11) is 3.61. The zero-order valence-electron chi connectivity index (χ0n) is 12.8. The number of halogens is 1. The molecule has 0 aromatic carbocycles. The lowest BCUT2D eigenvalue weighted by atomic mass is 10.3. The van der Waals surface area contributed by atoms with Crippen LogP contribution in [0.5, 0.6) is 0 Å². The third-order valence-corrected chi connectivity index (χ3v) is 2.74. The van der Waals surface area contributed by atoms with Crippen LogP contribution in [0.3, 0.4) is 0 Å². The maximum absolute atomic E-state index is 11.2.